The predicted molar refractivity (Wildman–Crippen MR) is 74.1 cm³/mol. The maximum atomic E-state index is 11.8. The molecule has 1 fully saturated rings. The molecule has 6 nitrogen and oxygen atoms in total. The van der Waals surface area contributed by atoms with Crippen LogP contribution in [0.25, 0.3) is 0 Å². The molecule has 0 aromatic carbocycles. The smallest absolute Gasteiger partial charge is 0.304 e. The minimum atomic E-state index is -3.40. The van der Waals surface area contributed by atoms with E-state index in [1.165, 1.54) is 19.3 Å². The van der Waals surface area contributed by atoms with Crippen LogP contribution in [0.5, 0.6) is 0 Å². The molecule has 1 saturated carbocycles. The Morgan fingerprint density at radius 3 is 2.70 bits per heavy atom. The summed E-state index contributed by atoms with van der Waals surface area (Å²) in [6.07, 6.45) is 7.30. The molecule has 0 aliphatic heterocycles. The van der Waals surface area contributed by atoms with Gasteiger partial charge in [-0.1, -0.05) is 19.3 Å². The monoisotopic (exact) mass is 300 g/mol. The van der Waals surface area contributed by atoms with Crippen molar-refractivity contribution in [2.45, 2.75) is 50.3 Å². The highest BCUT2D eigenvalue weighted by atomic mass is 32.2. The number of aromatic nitrogens is 2. The standard InChI is InChI=1S/C13H20N2O4S/c16-13(17)7-9-20(18,19)10-11-6-8-15(14-11)12-4-2-1-3-5-12/h6,8,12H,1-5,7,9-10H2,(H,16,17). The van der Waals surface area contributed by atoms with Gasteiger partial charge in [-0.05, 0) is 18.9 Å². The second-order valence-corrected chi connectivity index (χ2v) is 7.50. The molecule has 2 rings (SSSR count). The summed E-state index contributed by atoms with van der Waals surface area (Å²) in [5.74, 6) is -1.61. The Labute approximate surface area is 118 Å². The number of sulfone groups is 1. The number of hydrogen-bond donors (Lipinski definition) is 1. The van der Waals surface area contributed by atoms with Gasteiger partial charge in [-0.3, -0.25) is 9.48 Å². The van der Waals surface area contributed by atoms with Gasteiger partial charge in [0.2, 0.25) is 0 Å². The Bertz CT molecular complexity index is 559. The summed E-state index contributed by atoms with van der Waals surface area (Å²) in [6.45, 7) is 0. The molecule has 1 aliphatic rings. The molecule has 1 aromatic heterocycles. The van der Waals surface area contributed by atoms with Crippen LogP contribution in [0.4, 0.5) is 0 Å². The lowest BCUT2D eigenvalue weighted by Crippen LogP contribution is -2.15. The van der Waals surface area contributed by atoms with Crippen LogP contribution >= 0.6 is 0 Å². The van der Waals surface area contributed by atoms with Crippen LogP contribution in [0.2, 0.25) is 0 Å². The van der Waals surface area contributed by atoms with Gasteiger partial charge >= 0.3 is 5.97 Å². The molecule has 7 heteroatoms. The first-order valence-electron chi connectivity index (χ1n) is 6.92. The van der Waals surface area contributed by atoms with E-state index in [0.29, 0.717) is 11.7 Å². The molecular weight excluding hydrogens is 280 g/mol. The Balaban J connectivity index is 1.96. The fourth-order valence-corrected chi connectivity index (χ4v) is 3.78. The third-order valence-corrected chi connectivity index (χ3v) is 5.17. The van der Waals surface area contributed by atoms with E-state index >= 15 is 0 Å². The lowest BCUT2D eigenvalue weighted by Gasteiger charge is -2.21. The van der Waals surface area contributed by atoms with E-state index in [2.05, 4.69) is 5.10 Å². The maximum Gasteiger partial charge on any atom is 0.304 e. The number of carboxylic acid groups (broad SMARTS) is 1. The van der Waals surface area contributed by atoms with Crippen LogP contribution in [0.1, 0.15) is 50.3 Å². The summed E-state index contributed by atoms with van der Waals surface area (Å²) in [5.41, 5.74) is 0.501. The van der Waals surface area contributed by atoms with Crippen LogP contribution in [-0.4, -0.2) is 35.0 Å². The molecule has 0 saturated heterocycles. The van der Waals surface area contributed by atoms with Gasteiger partial charge in [0, 0.05) is 6.20 Å². The Kier molecular flexibility index (Phi) is 4.80. The number of rotatable bonds is 6. The summed E-state index contributed by atoms with van der Waals surface area (Å²) < 4.78 is 25.4. The zero-order valence-electron chi connectivity index (χ0n) is 11.4. The quantitative estimate of drug-likeness (QED) is 0.865. The van der Waals surface area contributed by atoms with E-state index in [1.807, 2.05) is 10.9 Å². The molecule has 0 amide bonds. The lowest BCUT2D eigenvalue weighted by atomic mass is 9.96. The molecule has 1 aromatic rings. The van der Waals surface area contributed by atoms with Crippen molar-refractivity contribution in [2.24, 2.45) is 0 Å². The molecule has 1 N–H and O–H groups in total. The van der Waals surface area contributed by atoms with Gasteiger partial charge in [0.05, 0.1) is 29.7 Å². The molecule has 0 atom stereocenters. The largest absolute Gasteiger partial charge is 0.481 e. The van der Waals surface area contributed by atoms with E-state index in [9.17, 15) is 13.2 Å². The number of aliphatic carboxylic acids is 1. The topological polar surface area (TPSA) is 89.3 Å². The van der Waals surface area contributed by atoms with Gasteiger partial charge in [-0.2, -0.15) is 5.10 Å². The number of carboxylic acids is 1. The average molecular weight is 300 g/mol. The molecule has 1 heterocycles. The van der Waals surface area contributed by atoms with Crippen molar-refractivity contribution in [3.8, 4) is 0 Å². The molecule has 0 radical (unpaired) electrons. The Morgan fingerprint density at radius 1 is 1.35 bits per heavy atom. The fourth-order valence-electron chi connectivity index (χ4n) is 2.54. The van der Waals surface area contributed by atoms with Crippen LogP contribution in [-0.2, 0) is 20.4 Å². The van der Waals surface area contributed by atoms with Crippen LogP contribution < -0.4 is 0 Å². The number of nitrogens with zero attached hydrogens (tertiary/aromatic N) is 2. The SMILES string of the molecule is O=C(O)CCS(=O)(=O)Cc1ccn(C2CCCCC2)n1. The van der Waals surface area contributed by atoms with E-state index in [1.54, 1.807) is 6.07 Å². The average Bonchev–Trinajstić information content (AvgIpc) is 2.85. The number of hydrogen-bond acceptors (Lipinski definition) is 4. The minimum absolute atomic E-state index is 0.181. The third-order valence-electron chi connectivity index (χ3n) is 3.61. The molecule has 0 unspecified atom stereocenters. The maximum absolute atomic E-state index is 11.8. The summed E-state index contributed by atoms with van der Waals surface area (Å²) >= 11 is 0. The van der Waals surface area contributed by atoms with E-state index in [0.717, 1.165) is 12.8 Å². The first kappa shape index (κ1) is 15.0. The van der Waals surface area contributed by atoms with Crippen LogP contribution in [0.3, 0.4) is 0 Å². The normalized spacial score (nSPS) is 17.2. The predicted octanol–water partition coefficient (Wildman–Crippen LogP) is 1.78. The van der Waals surface area contributed by atoms with Crippen molar-refractivity contribution < 1.29 is 18.3 Å². The van der Waals surface area contributed by atoms with Crippen molar-refractivity contribution in [3.63, 3.8) is 0 Å². The summed E-state index contributed by atoms with van der Waals surface area (Å²) in [7, 11) is -3.40. The van der Waals surface area contributed by atoms with Gasteiger partial charge in [-0.15, -0.1) is 0 Å². The third kappa shape index (κ3) is 4.33. The van der Waals surface area contributed by atoms with Gasteiger partial charge in [0.1, 0.15) is 0 Å². The van der Waals surface area contributed by atoms with Crippen molar-refractivity contribution in [1.29, 1.82) is 0 Å². The highest BCUT2D eigenvalue weighted by Crippen LogP contribution is 2.27. The highest BCUT2D eigenvalue weighted by Gasteiger charge is 2.19. The van der Waals surface area contributed by atoms with Crippen molar-refractivity contribution in [3.05, 3.63) is 18.0 Å². The summed E-state index contributed by atoms with van der Waals surface area (Å²) in [5, 5.41) is 12.9. The van der Waals surface area contributed by atoms with Crippen molar-refractivity contribution in [2.75, 3.05) is 5.75 Å². The summed E-state index contributed by atoms with van der Waals surface area (Å²) in [4.78, 5) is 10.4. The molecular formula is C13H20N2O4S. The molecule has 112 valence electrons. The minimum Gasteiger partial charge on any atom is -0.481 e. The second-order valence-electron chi connectivity index (χ2n) is 5.31. The van der Waals surface area contributed by atoms with Crippen LogP contribution in [0.15, 0.2) is 12.3 Å². The zero-order valence-corrected chi connectivity index (χ0v) is 12.2. The Morgan fingerprint density at radius 2 is 2.05 bits per heavy atom. The lowest BCUT2D eigenvalue weighted by molar-refractivity contribution is -0.136. The van der Waals surface area contributed by atoms with Crippen molar-refractivity contribution >= 4 is 15.8 Å². The van der Waals surface area contributed by atoms with E-state index in [-0.39, 0.29) is 17.9 Å². The summed E-state index contributed by atoms with van der Waals surface area (Å²) in [6, 6.07) is 2.09. The molecule has 0 bridgehead atoms. The van der Waals surface area contributed by atoms with Gasteiger partial charge in [0.15, 0.2) is 9.84 Å². The molecule has 0 spiro atoms. The molecule has 20 heavy (non-hydrogen) atoms. The molecule has 1 aliphatic carbocycles. The Hall–Kier alpha value is -1.37. The van der Waals surface area contributed by atoms with Gasteiger partial charge in [-0.25, -0.2) is 8.42 Å². The zero-order chi connectivity index (χ0) is 14.6. The van der Waals surface area contributed by atoms with E-state index < -0.39 is 15.8 Å². The van der Waals surface area contributed by atoms with Crippen molar-refractivity contribution in [1.82, 2.24) is 9.78 Å². The van der Waals surface area contributed by atoms with E-state index in [4.69, 9.17) is 5.11 Å². The van der Waals surface area contributed by atoms with Crippen LogP contribution in [0, 0.1) is 0 Å². The first-order chi connectivity index (χ1) is 9.46. The second kappa shape index (κ2) is 6.39. The fraction of sp³-hybridized carbons (Fsp3) is 0.692. The number of carbonyl (C=O) groups is 1. The highest BCUT2D eigenvalue weighted by molar-refractivity contribution is 7.90. The first-order valence-corrected chi connectivity index (χ1v) is 8.75. The van der Waals surface area contributed by atoms with Gasteiger partial charge in [0.25, 0.3) is 0 Å². The van der Waals surface area contributed by atoms with Gasteiger partial charge < -0.3 is 5.11 Å².